The standard InChI is InChI=1S/C11H14O3/c1-3-9-7-10(8-12)14-11(9)5-4-6-13-2/h3-5,7,12H,1,6,8H2,2H3/b5-4-. The molecule has 1 aromatic rings. The summed E-state index contributed by atoms with van der Waals surface area (Å²) in [7, 11) is 1.63. The van der Waals surface area contributed by atoms with Gasteiger partial charge < -0.3 is 14.3 Å². The summed E-state index contributed by atoms with van der Waals surface area (Å²) < 4.78 is 10.2. The van der Waals surface area contributed by atoms with E-state index >= 15 is 0 Å². The van der Waals surface area contributed by atoms with E-state index in [4.69, 9.17) is 14.3 Å². The van der Waals surface area contributed by atoms with Crippen LogP contribution in [0.25, 0.3) is 12.2 Å². The van der Waals surface area contributed by atoms with Crippen LogP contribution in [-0.2, 0) is 11.3 Å². The third kappa shape index (κ3) is 2.58. The first kappa shape index (κ1) is 10.8. The van der Waals surface area contributed by atoms with E-state index in [-0.39, 0.29) is 6.61 Å². The quantitative estimate of drug-likeness (QED) is 0.780. The summed E-state index contributed by atoms with van der Waals surface area (Å²) in [5, 5.41) is 8.87. The normalized spacial score (nSPS) is 11.0. The summed E-state index contributed by atoms with van der Waals surface area (Å²) >= 11 is 0. The van der Waals surface area contributed by atoms with Crippen LogP contribution < -0.4 is 0 Å². The van der Waals surface area contributed by atoms with Gasteiger partial charge in [0.25, 0.3) is 0 Å². The third-order valence-electron chi connectivity index (χ3n) is 1.75. The lowest BCUT2D eigenvalue weighted by atomic mass is 10.2. The fraction of sp³-hybridized carbons (Fsp3) is 0.273. The highest BCUT2D eigenvalue weighted by atomic mass is 16.5. The highest BCUT2D eigenvalue weighted by molar-refractivity contribution is 5.60. The zero-order valence-corrected chi connectivity index (χ0v) is 8.19. The average molecular weight is 194 g/mol. The summed E-state index contributed by atoms with van der Waals surface area (Å²) in [6, 6.07) is 1.76. The Bertz CT molecular complexity index is 323. The molecule has 0 aliphatic rings. The van der Waals surface area contributed by atoms with E-state index in [9.17, 15) is 0 Å². The van der Waals surface area contributed by atoms with Gasteiger partial charge in [-0.3, -0.25) is 0 Å². The maximum Gasteiger partial charge on any atom is 0.134 e. The molecule has 1 N–H and O–H groups in total. The molecule has 3 nitrogen and oxygen atoms in total. The second-order valence-electron chi connectivity index (χ2n) is 2.75. The minimum Gasteiger partial charge on any atom is -0.459 e. The molecule has 3 heteroatoms. The molecule has 0 saturated carbocycles. The van der Waals surface area contributed by atoms with E-state index in [2.05, 4.69) is 6.58 Å². The van der Waals surface area contributed by atoms with Crippen molar-refractivity contribution in [2.45, 2.75) is 6.61 Å². The summed E-state index contributed by atoms with van der Waals surface area (Å²) in [5.41, 5.74) is 0.876. The van der Waals surface area contributed by atoms with Crippen LogP contribution in [0.1, 0.15) is 17.1 Å². The van der Waals surface area contributed by atoms with Gasteiger partial charge in [0.05, 0.1) is 6.61 Å². The first-order valence-electron chi connectivity index (χ1n) is 4.33. The number of rotatable bonds is 5. The van der Waals surface area contributed by atoms with Crippen molar-refractivity contribution in [3.63, 3.8) is 0 Å². The van der Waals surface area contributed by atoms with Crippen molar-refractivity contribution in [3.8, 4) is 0 Å². The van der Waals surface area contributed by atoms with Crippen LogP contribution in [0.4, 0.5) is 0 Å². The van der Waals surface area contributed by atoms with Crippen molar-refractivity contribution in [2.24, 2.45) is 0 Å². The van der Waals surface area contributed by atoms with E-state index in [1.807, 2.05) is 6.08 Å². The Morgan fingerprint density at radius 2 is 2.43 bits per heavy atom. The first-order valence-corrected chi connectivity index (χ1v) is 4.33. The fourth-order valence-electron chi connectivity index (χ4n) is 1.09. The molecule has 0 spiro atoms. The molecule has 1 aromatic heterocycles. The Hall–Kier alpha value is -1.32. The Labute approximate surface area is 83.3 Å². The predicted molar refractivity (Wildman–Crippen MR) is 55.6 cm³/mol. The van der Waals surface area contributed by atoms with Gasteiger partial charge in [-0.25, -0.2) is 0 Å². The van der Waals surface area contributed by atoms with Crippen molar-refractivity contribution < 1.29 is 14.3 Å². The lowest BCUT2D eigenvalue weighted by molar-refractivity contribution is 0.234. The van der Waals surface area contributed by atoms with E-state index in [0.717, 1.165) is 5.56 Å². The van der Waals surface area contributed by atoms with Gasteiger partial charge in [-0.05, 0) is 12.1 Å². The number of aliphatic hydroxyl groups excluding tert-OH is 1. The first-order chi connectivity index (χ1) is 6.81. The van der Waals surface area contributed by atoms with Crippen molar-refractivity contribution in [3.05, 3.63) is 35.8 Å². The van der Waals surface area contributed by atoms with Crippen LogP contribution in [0.3, 0.4) is 0 Å². The number of hydrogen-bond acceptors (Lipinski definition) is 3. The van der Waals surface area contributed by atoms with E-state index in [1.54, 1.807) is 25.3 Å². The van der Waals surface area contributed by atoms with Crippen LogP contribution in [-0.4, -0.2) is 18.8 Å². The second-order valence-corrected chi connectivity index (χ2v) is 2.75. The second kappa shape index (κ2) is 5.42. The summed E-state index contributed by atoms with van der Waals surface area (Å²) in [4.78, 5) is 0. The molecule has 0 bridgehead atoms. The number of ether oxygens (including phenoxy) is 1. The van der Waals surface area contributed by atoms with Crippen molar-refractivity contribution >= 4 is 12.2 Å². The molecule has 1 heterocycles. The van der Waals surface area contributed by atoms with Gasteiger partial charge in [-0.2, -0.15) is 0 Å². The van der Waals surface area contributed by atoms with Crippen LogP contribution in [0, 0.1) is 0 Å². The van der Waals surface area contributed by atoms with Gasteiger partial charge in [0.15, 0.2) is 0 Å². The summed E-state index contributed by atoms with van der Waals surface area (Å²) in [5.74, 6) is 1.23. The van der Waals surface area contributed by atoms with Crippen LogP contribution in [0.5, 0.6) is 0 Å². The third-order valence-corrected chi connectivity index (χ3v) is 1.75. The molecular formula is C11H14O3. The Kier molecular flexibility index (Phi) is 4.16. The molecule has 1 rings (SSSR count). The molecule has 76 valence electrons. The minimum absolute atomic E-state index is 0.0983. The van der Waals surface area contributed by atoms with Gasteiger partial charge >= 0.3 is 0 Å². The molecule has 0 unspecified atom stereocenters. The van der Waals surface area contributed by atoms with Crippen molar-refractivity contribution in [2.75, 3.05) is 13.7 Å². The maximum atomic E-state index is 8.87. The van der Waals surface area contributed by atoms with E-state index in [0.29, 0.717) is 18.1 Å². The SMILES string of the molecule is C=Cc1cc(CO)oc1/C=C\COC. The zero-order valence-electron chi connectivity index (χ0n) is 8.19. The Balaban J connectivity index is 2.83. The number of hydrogen-bond donors (Lipinski definition) is 1. The minimum atomic E-state index is -0.0983. The molecular weight excluding hydrogens is 180 g/mol. The summed E-state index contributed by atoms with van der Waals surface area (Å²) in [6.45, 7) is 4.10. The fourth-order valence-corrected chi connectivity index (χ4v) is 1.09. The largest absolute Gasteiger partial charge is 0.459 e. The van der Waals surface area contributed by atoms with Crippen LogP contribution >= 0.6 is 0 Å². The topological polar surface area (TPSA) is 42.6 Å². The highest BCUT2D eigenvalue weighted by Crippen LogP contribution is 2.18. The van der Waals surface area contributed by atoms with Gasteiger partial charge in [0.2, 0.25) is 0 Å². The van der Waals surface area contributed by atoms with Gasteiger partial charge in [0.1, 0.15) is 18.1 Å². The molecule has 0 aromatic carbocycles. The van der Waals surface area contributed by atoms with Gasteiger partial charge in [0, 0.05) is 12.7 Å². The van der Waals surface area contributed by atoms with Crippen molar-refractivity contribution in [1.29, 1.82) is 0 Å². The number of furan rings is 1. The van der Waals surface area contributed by atoms with Gasteiger partial charge in [-0.1, -0.05) is 18.7 Å². The Morgan fingerprint density at radius 3 is 3.00 bits per heavy atom. The number of aliphatic hydroxyl groups is 1. The average Bonchev–Trinajstić information content (AvgIpc) is 2.61. The van der Waals surface area contributed by atoms with Crippen LogP contribution in [0.2, 0.25) is 0 Å². The molecule has 0 radical (unpaired) electrons. The van der Waals surface area contributed by atoms with Crippen molar-refractivity contribution in [1.82, 2.24) is 0 Å². The molecule has 0 amide bonds. The molecule has 0 saturated heterocycles. The lowest BCUT2D eigenvalue weighted by Crippen LogP contribution is -1.80. The predicted octanol–water partition coefficient (Wildman–Crippen LogP) is 2.07. The Morgan fingerprint density at radius 1 is 1.64 bits per heavy atom. The molecule has 0 aliphatic carbocycles. The monoisotopic (exact) mass is 194 g/mol. The molecule has 0 aliphatic heterocycles. The van der Waals surface area contributed by atoms with E-state index in [1.165, 1.54) is 0 Å². The van der Waals surface area contributed by atoms with Crippen LogP contribution in [0.15, 0.2) is 23.1 Å². The smallest absolute Gasteiger partial charge is 0.134 e. The van der Waals surface area contributed by atoms with E-state index < -0.39 is 0 Å². The molecule has 0 atom stereocenters. The highest BCUT2D eigenvalue weighted by Gasteiger charge is 2.04. The number of methoxy groups -OCH3 is 1. The van der Waals surface area contributed by atoms with Gasteiger partial charge in [-0.15, -0.1) is 0 Å². The zero-order chi connectivity index (χ0) is 10.4. The lowest BCUT2D eigenvalue weighted by Gasteiger charge is -1.90. The maximum absolute atomic E-state index is 8.87. The molecule has 0 fully saturated rings. The molecule has 14 heavy (non-hydrogen) atoms. The summed E-state index contributed by atoms with van der Waals surface area (Å²) in [6.07, 6.45) is 5.34.